The van der Waals surface area contributed by atoms with Gasteiger partial charge in [-0.05, 0) is 48.1 Å². The molecule has 136 valence electrons. The van der Waals surface area contributed by atoms with Crippen LogP contribution in [-0.2, 0) is 0 Å². The first-order chi connectivity index (χ1) is 13.8. The lowest BCUT2D eigenvalue weighted by Crippen LogP contribution is -2.19. The molecule has 5 rings (SSSR count). The van der Waals surface area contributed by atoms with Crippen LogP contribution in [0, 0.1) is 0 Å². The molecule has 1 aromatic carbocycles. The second kappa shape index (κ2) is 7.22. The summed E-state index contributed by atoms with van der Waals surface area (Å²) in [7, 11) is 2.10. The summed E-state index contributed by atoms with van der Waals surface area (Å²) >= 11 is 3.32. The molecular weight excluding hydrogens is 384 g/mol. The van der Waals surface area contributed by atoms with Gasteiger partial charge in [-0.2, -0.15) is 0 Å². The van der Waals surface area contributed by atoms with Crippen LogP contribution in [0.2, 0.25) is 0 Å². The number of para-hydroxylation sites is 1. The molecule has 0 saturated carbocycles. The molecule has 0 atom stereocenters. The zero-order valence-electron chi connectivity index (χ0n) is 15.1. The van der Waals surface area contributed by atoms with Gasteiger partial charge in [0.25, 0.3) is 0 Å². The molecule has 0 saturated heterocycles. The molecule has 0 unspecified atom stereocenters. The van der Waals surface area contributed by atoms with Crippen molar-refractivity contribution in [3.05, 3.63) is 88.7 Å². The number of benzene rings is 1. The number of anilines is 1. The molecular formula is C22H16N4S2. The molecule has 0 bridgehead atoms. The van der Waals surface area contributed by atoms with Crippen molar-refractivity contribution < 1.29 is 0 Å². The first-order valence-corrected chi connectivity index (χ1v) is 10.5. The van der Waals surface area contributed by atoms with Crippen LogP contribution in [0.3, 0.4) is 0 Å². The third-order valence-electron chi connectivity index (χ3n) is 4.49. The molecule has 0 N–H and O–H groups in total. The van der Waals surface area contributed by atoms with Crippen LogP contribution >= 0.6 is 23.1 Å². The minimum Gasteiger partial charge on any atom is -0.339 e. The minimum atomic E-state index is 0.799. The number of thiazole rings is 1. The Labute approximate surface area is 171 Å². The molecule has 0 spiro atoms. The van der Waals surface area contributed by atoms with Crippen LogP contribution in [0.25, 0.3) is 22.0 Å². The van der Waals surface area contributed by atoms with Crippen LogP contribution in [0.4, 0.5) is 5.69 Å². The first kappa shape index (κ1) is 17.2. The van der Waals surface area contributed by atoms with Gasteiger partial charge in [0, 0.05) is 30.7 Å². The molecule has 1 aliphatic heterocycles. The van der Waals surface area contributed by atoms with Crippen molar-refractivity contribution >= 4 is 50.8 Å². The molecule has 1 aliphatic rings. The second-order valence-electron chi connectivity index (χ2n) is 6.31. The van der Waals surface area contributed by atoms with Gasteiger partial charge in [0.15, 0.2) is 5.65 Å². The van der Waals surface area contributed by atoms with Crippen molar-refractivity contribution in [1.82, 2.24) is 15.0 Å². The van der Waals surface area contributed by atoms with E-state index in [1.165, 1.54) is 11.3 Å². The Kier molecular flexibility index (Phi) is 4.43. The highest BCUT2D eigenvalue weighted by molar-refractivity contribution is 8.03. The van der Waals surface area contributed by atoms with Crippen molar-refractivity contribution in [3.63, 3.8) is 0 Å². The maximum absolute atomic E-state index is 4.68. The average molecular weight is 401 g/mol. The van der Waals surface area contributed by atoms with Crippen molar-refractivity contribution in [1.29, 1.82) is 0 Å². The van der Waals surface area contributed by atoms with Crippen LogP contribution < -0.4 is 4.90 Å². The Morgan fingerprint density at radius 2 is 1.82 bits per heavy atom. The van der Waals surface area contributed by atoms with Crippen molar-refractivity contribution in [3.8, 4) is 0 Å². The maximum atomic E-state index is 4.68. The molecule has 0 amide bonds. The summed E-state index contributed by atoms with van der Waals surface area (Å²) in [6.07, 6.45) is 7.97. The molecule has 0 aliphatic carbocycles. The lowest BCUT2D eigenvalue weighted by atomic mass is 10.00. The molecule has 28 heavy (non-hydrogen) atoms. The van der Waals surface area contributed by atoms with E-state index in [-0.39, 0.29) is 0 Å². The summed E-state index contributed by atoms with van der Waals surface area (Å²) in [5, 5.41) is 3.06. The lowest BCUT2D eigenvalue weighted by Gasteiger charge is -2.29. The fourth-order valence-electron chi connectivity index (χ4n) is 3.15. The number of pyridine rings is 2. The number of rotatable bonds is 3. The quantitative estimate of drug-likeness (QED) is 0.441. The highest BCUT2D eigenvalue weighted by Crippen LogP contribution is 2.41. The van der Waals surface area contributed by atoms with Crippen molar-refractivity contribution in [2.75, 3.05) is 11.9 Å². The van der Waals surface area contributed by atoms with Gasteiger partial charge < -0.3 is 4.90 Å². The Morgan fingerprint density at radius 3 is 2.68 bits per heavy atom. The van der Waals surface area contributed by atoms with Crippen LogP contribution in [0.1, 0.15) is 10.6 Å². The zero-order chi connectivity index (χ0) is 18.9. The SMILES string of the molecule is CN1C(Sc2ccccn2)=C/C(=C\c2nc3ncccc3s2)c2ccccc21. The summed E-state index contributed by atoms with van der Waals surface area (Å²) in [4.78, 5) is 15.7. The predicted molar refractivity (Wildman–Crippen MR) is 118 cm³/mol. The van der Waals surface area contributed by atoms with Gasteiger partial charge in [0.1, 0.15) is 10.0 Å². The summed E-state index contributed by atoms with van der Waals surface area (Å²) in [6.45, 7) is 0. The fourth-order valence-corrected chi connectivity index (χ4v) is 4.92. The van der Waals surface area contributed by atoms with Crippen LogP contribution in [-0.4, -0.2) is 22.0 Å². The summed E-state index contributed by atoms with van der Waals surface area (Å²) in [5.41, 5.74) is 4.32. The molecule has 4 nitrogen and oxygen atoms in total. The van der Waals surface area contributed by atoms with E-state index in [0.717, 1.165) is 31.0 Å². The minimum absolute atomic E-state index is 0.799. The van der Waals surface area contributed by atoms with E-state index in [1.54, 1.807) is 29.3 Å². The number of nitrogens with zero attached hydrogens (tertiary/aromatic N) is 4. The van der Waals surface area contributed by atoms with Crippen LogP contribution in [0.5, 0.6) is 0 Å². The molecule has 4 aromatic rings. The monoisotopic (exact) mass is 400 g/mol. The van der Waals surface area contributed by atoms with E-state index in [2.05, 4.69) is 69.4 Å². The molecule has 4 heterocycles. The van der Waals surface area contributed by atoms with E-state index in [0.29, 0.717) is 0 Å². The Hall–Kier alpha value is -2.96. The number of thioether (sulfide) groups is 1. The molecule has 0 fully saturated rings. The molecule has 0 radical (unpaired) electrons. The third kappa shape index (κ3) is 3.21. The smallest absolute Gasteiger partial charge is 0.170 e. The number of hydrogen-bond donors (Lipinski definition) is 0. The first-order valence-electron chi connectivity index (χ1n) is 8.85. The normalized spacial score (nSPS) is 15.0. The second-order valence-corrected chi connectivity index (χ2v) is 8.41. The highest BCUT2D eigenvalue weighted by atomic mass is 32.2. The van der Waals surface area contributed by atoms with E-state index in [9.17, 15) is 0 Å². The van der Waals surface area contributed by atoms with Crippen LogP contribution in [0.15, 0.2) is 83.1 Å². The predicted octanol–water partition coefficient (Wildman–Crippen LogP) is 5.71. The van der Waals surface area contributed by atoms with Crippen molar-refractivity contribution in [2.24, 2.45) is 0 Å². The Balaban J connectivity index is 1.61. The number of allylic oxidation sites excluding steroid dienone is 2. The average Bonchev–Trinajstić information content (AvgIpc) is 3.15. The number of hydrogen-bond acceptors (Lipinski definition) is 6. The van der Waals surface area contributed by atoms with E-state index >= 15 is 0 Å². The van der Waals surface area contributed by atoms with Gasteiger partial charge in [-0.1, -0.05) is 36.0 Å². The van der Waals surface area contributed by atoms with Gasteiger partial charge in [-0.25, -0.2) is 15.0 Å². The van der Waals surface area contributed by atoms with Crippen molar-refractivity contribution in [2.45, 2.75) is 5.03 Å². The van der Waals surface area contributed by atoms with Gasteiger partial charge >= 0.3 is 0 Å². The van der Waals surface area contributed by atoms with Gasteiger partial charge in [0.05, 0.1) is 9.73 Å². The Bertz CT molecular complexity index is 1180. The highest BCUT2D eigenvalue weighted by Gasteiger charge is 2.21. The summed E-state index contributed by atoms with van der Waals surface area (Å²) < 4.78 is 1.10. The van der Waals surface area contributed by atoms with Gasteiger partial charge in [-0.3, -0.25) is 0 Å². The molecule has 3 aromatic heterocycles. The van der Waals surface area contributed by atoms with Gasteiger partial charge in [-0.15, -0.1) is 11.3 Å². The van der Waals surface area contributed by atoms with E-state index in [4.69, 9.17) is 0 Å². The number of aromatic nitrogens is 3. The largest absolute Gasteiger partial charge is 0.339 e. The maximum Gasteiger partial charge on any atom is 0.170 e. The van der Waals surface area contributed by atoms with Gasteiger partial charge in [0.2, 0.25) is 0 Å². The topological polar surface area (TPSA) is 41.9 Å². The fraction of sp³-hybridized carbons (Fsp3) is 0.0455. The zero-order valence-corrected chi connectivity index (χ0v) is 16.7. The van der Waals surface area contributed by atoms with E-state index in [1.807, 2.05) is 30.5 Å². The third-order valence-corrected chi connectivity index (χ3v) is 6.50. The lowest BCUT2D eigenvalue weighted by molar-refractivity contribution is 1.12. The molecule has 6 heteroatoms. The number of fused-ring (bicyclic) bond motifs is 2. The standard InChI is InChI=1S/C22H16N4S2/c1-26-17-8-3-2-7-16(17)15(14-21(26)28-19-10-4-5-11-23-19)13-20-25-22-18(27-20)9-6-12-24-22/h2-14H,1H3/b15-13+. The summed E-state index contributed by atoms with van der Waals surface area (Å²) in [6, 6.07) is 18.4. The Morgan fingerprint density at radius 1 is 0.964 bits per heavy atom. The summed E-state index contributed by atoms with van der Waals surface area (Å²) in [5.74, 6) is 0. The van der Waals surface area contributed by atoms with E-state index < -0.39 is 0 Å².